The van der Waals surface area contributed by atoms with Crippen LogP contribution in [0.2, 0.25) is 0 Å². The molecule has 6 nitrogen and oxygen atoms in total. The van der Waals surface area contributed by atoms with E-state index in [1.165, 1.54) is 10.5 Å². The Bertz CT molecular complexity index is 1070. The van der Waals surface area contributed by atoms with Crippen LogP contribution >= 0.6 is 11.8 Å². The van der Waals surface area contributed by atoms with Crippen molar-refractivity contribution < 1.29 is 9.21 Å². The van der Waals surface area contributed by atoms with Gasteiger partial charge in [0.15, 0.2) is 0 Å². The molecule has 0 saturated carbocycles. The van der Waals surface area contributed by atoms with Crippen molar-refractivity contribution in [2.45, 2.75) is 31.4 Å². The predicted molar refractivity (Wildman–Crippen MR) is 138 cm³/mol. The molecule has 0 bridgehead atoms. The Kier molecular flexibility index (Phi) is 8.43. The average molecular weight is 479 g/mol. The quantitative estimate of drug-likeness (QED) is 0.453. The van der Waals surface area contributed by atoms with E-state index in [-0.39, 0.29) is 5.91 Å². The fourth-order valence-electron chi connectivity index (χ4n) is 3.99. The lowest BCUT2D eigenvalue weighted by Gasteiger charge is -2.33. The van der Waals surface area contributed by atoms with Crippen LogP contribution in [0, 0.1) is 13.8 Å². The van der Waals surface area contributed by atoms with Crippen molar-refractivity contribution in [3.8, 4) is 11.5 Å². The number of carbonyl (C=O) groups excluding carboxylic acids is 1. The van der Waals surface area contributed by atoms with Crippen LogP contribution in [0.15, 0.2) is 57.8 Å². The number of rotatable bonds is 9. The highest BCUT2D eigenvalue weighted by Crippen LogP contribution is 2.28. The van der Waals surface area contributed by atoms with E-state index in [0.29, 0.717) is 18.0 Å². The van der Waals surface area contributed by atoms with Gasteiger partial charge in [-0.1, -0.05) is 24.6 Å². The van der Waals surface area contributed by atoms with Gasteiger partial charge in [0, 0.05) is 61.0 Å². The van der Waals surface area contributed by atoms with Gasteiger partial charge in [0.25, 0.3) is 5.91 Å². The first-order chi connectivity index (χ1) is 16.5. The van der Waals surface area contributed by atoms with Crippen molar-refractivity contribution in [1.82, 2.24) is 20.1 Å². The van der Waals surface area contributed by atoms with Crippen molar-refractivity contribution in [3.63, 3.8) is 0 Å². The zero-order valence-electron chi connectivity index (χ0n) is 20.3. The number of aryl methyl sites for hydroxylation is 2. The molecular formula is C27H34N4O2S. The van der Waals surface area contributed by atoms with Gasteiger partial charge in [-0.15, -0.1) is 11.8 Å². The molecule has 4 rings (SSSR count). The number of oxazole rings is 1. The highest BCUT2D eigenvalue weighted by atomic mass is 32.2. The third kappa shape index (κ3) is 6.50. The summed E-state index contributed by atoms with van der Waals surface area (Å²) in [4.78, 5) is 23.3. The van der Waals surface area contributed by atoms with Gasteiger partial charge in [0.1, 0.15) is 5.76 Å². The van der Waals surface area contributed by atoms with Crippen LogP contribution in [-0.4, -0.2) is 66.5 Å². The molecule has 1 aliphatic rings. The summed E-state index contributed by atoms with van der Waals surface area (Å²) in [6.07, 6.45) is 0. The number of hydrogen-bond acceptors (Lipinski definition) is 6. The van der Waals surface area contributed by atoms with Crippen molar-refractivity contribution in [1.29, 1.82) is 0 Å². The largest absolute Gasteiger partial charge is 0.441 e. The maximum atomic E-state index is 12.6. The molecule has 1 fully saturated rings. The van der Waals surface area contributed by atoms with Crippen LogP contribution in [0.4, 0.5) is 0 Å². The van der Waals surface area contributed by atoms with Crippen LogP contribution in [0.5, 0.6) is 0 Å². The van der Waals surface area contributed by atoms with E-state index in [2.05, 4.69) is 53.2 Å². The van der Waals surface area contributed by atoms with E-state index in [0.717, 1.165) is 62.0 Å². The molecule has 2 aromatic carbocycles. The summed E-state index contributed by atoms with van der Waals surface area (Å²) in [7, 11) is 0. The van der Waals surface area contributed by atoms with Gasteiger partial charge in [-0.2, -0.15) is 0 Å². The van der Waals surface area contributed by atoms with Gasteiger partial charge in [0.2, 0.25) is 5.89 Å². The van der Waals surface area contributed by atoms with Crippen molar-refractivity contribution >= 4 is 17.7 Å². The van der Waals surface area contributed by atoms with E-state index in [9.17, 15) is 4.79 Å². The second kappa shape index (κ2) is 11.7. The SMILES string of the molecule is CCN1CCN(CCNC(=O)c2ccc(-c3nc(CSc4ccc(C)cc4)c(C)o3)cc2)CC1. The number of aromatic nitrogens is 1. The van der Waals surface area contributed by atoms with Crippen LogP contribution < -0.4 is 5.32 Å². The number of thioether (sulfide) groups is 1. The molecule has 0 radical (unpaired) electrons. The summed E-state index contributed by atoms with van der Waals surface area (Å²) in [5.41, 5.74) is 3.73. The summed E-state index contributed by atoms with van der Waals surface area (Å²) in [6, 6.07) is 16.0. The number of piperazine rings is 1. The summed E-state index contributed by atoms with van der Waals surface area (Å²) in [5.74, 6) is 2.13. The summed E-state index contributed by atoms with van der Waals surface area (Å²) >= 11 is 1.75. The van der Waals surface area contributed by atoms with Gasteiger partial charge in [0.05, 0.1) is 5.69 Å². The molecule has 1 aromatic heterocycles. The van der Waals surface area contributed by atoms with Gasteiger partial charge in [-0.05, 0) is 56.8 Å². The second-order valence-corrected chi connectivity index (χ2v) is 9.78. The number of nitrogens with zero attached hydrogens (tertiary/aromatic N) is 3. The number of carbonyl (C=O) groups is 1. The highest BCUT2D eigenvalue weighted by molar-refractivity contribution is 7.98. The third-order valence-corrected chi connectivity index (χ3v) is 7.33. The molecule has 0 atom stereocenters. The zero-order chi connectivity index (χ0) is 23.9. The summed E-state index contributed by atoms with van der Waals surface area (Å²) < 4.78 is 5.92. The predicted octanol–water partition coefficient (Wildman–Crippen LogP) is 4.62. The Morgan fingerprint density at radius 3 is 2.35 bits per heavy atom. The number of hydrogen-bond donors (Lipinski definition) is 1. The zero-order valence-corrected chi connectivity index (χ0v) is 21.2. The molecule has 1 saturated heterocycles. The molecule has 3 aromatic rings. The normalized spacial score (nSPS) is 14.9. The standard InChI is InChI=1S/C27H34N4O2S/c1-4-30-15-17-31(18-16-30)14-13-28-26(32)22-7-9-23(10-8-22)27-29-25(21(3)33-27)19-34-24-11-5-20(2)6-12-24/h5-12H,4,13-19H2,1-3H3,(H,28,32). The molecule has 0 unspecified atom stereocenters. The minimum Gasteiger partial charge on any atom is -0.441 e. The first-order valence-electron chi connectivity index (χ1n) is 12.0. The van der Waals surface area contributed by atoms with Gasteiger partial charge in [-0.3, -0.25) is 9.69 Å². The van der Waals surface area contributed by atoms with Crippen LogP contribution in [0.3, 0.4) is 0 Å². The molecule has 1 amide bonds. The van der Waals surface area contributed by atoms with Crippen molar-refractivity contribution in [2.24, 2.45) is 0 Å². The molecule has 1 aliphatic heterocycles. The first-order valence-corrected chi connectivity index (χ1v) is 13.0. The van der Waals surface area contributed by atoms with Crippen LogP contribution in [-0.2, 0) is 5.75 Å². The summed E-state index contributed by atoms with van der Waals surface area (Å²) in [6.45, 7) is 13.3. The van der Waals surface area contributed by atoms with E-state index in [1.807, 2.05) is 31.2 Å². The van der Waals surface area contributed by atoms with Gasteiger partial charge in [-0.25, -0.2) is 4.98 Å². The molecule has 0 aliphatic carbocycles. The lowest BCUT2D eigenvalue weighted by Crippen LogP contribution is -2.48. The average Bonchev–Trinajstić information content (AvgIpc) is 3.24. The lowest BCUT2D eigenvalue weighted by atomic mass is 10.1. The van der Waals surface area contributed by atoms with Crippen molar-refractivity contribution in [2.75, 3.05) is 45.8 Å². The fraction of sp³-hybridized carbons (Fsp3) is 0.407. The van der Waals surface area contributed by atoms with Gasteiger partial charge < -0.3 is 14.6 Å². The number of benzene rings is 2. The maximum absolute atomic E-state index is 12.6. The minimum atomic E-state index is -0.0440. The Morgan fingerprint density at radius 1 is 1.00 bits per heavy atom. The monoisotopic (exact) mass is 478 g/mol. The van der Waals surface area contributed by atoms with Crippen LogP contribution in [0.25, 0.3) is 11.5 Å². The Morgan fingerprint density at radius 2 is 1.68 bits per heavy atom. The van der Waals surface area contributed by atoms with E-state index >= 15 is 0 Å². The topological polar surface area (TPSA) is 61.6 Å². The first kappa shape index (κ1) is 24.5. The highest BCUT2D eigenvalue weighted by Gasteiger charge is 2.16. The smallest absolute Gasteiger partial charge is 0.251 e. The molecule has 1 N–H and O–H groups in total. The Labute approximate surface area is 206 Å². The van der Waals surface area contributed by atoms with Gasteiger partial charge >= 0.3 is 0 Å². The van der Waals surface area contributed by atoms with E-state index < -0.39 is 0 Å². The lowest BCUT2D eigenvalue weighted by molar-refractivity contribution is 0.0938. The number of likely N-dealkylation sites (N-methyl/N-ethyl adjacent to an activating group) is 1. The number of nitrogens with one attached hydrogen (secondary N) is 1. The Hall–Kier alpha value is -2.61. The molecule has 34 heavy (non-hydrogen) atoms. The molecular weight excluding hydrogens is 444 g/mol. The maximum Gasteiger partial charge on any atom is 0.251 e. The second-order valence-electron chi connectivity index (χ2n) is 8.73. The van der Waals surface area contributed by atoms with Crippen molar-refractivity contribution in [3.05, 3.63) is 71.1 Å². The van der Waals surface area contributed by atoms with E-state index in [4.69, 9.17) is 9.40 Å². The minimum absolute atomic E-state index is 0.0440. The molecule has 180 valence electrons. The molecule has 7 heteroatoms. The fourth-order valence-corrected chi connectivity index (χ4v) is 4.89. The Balaban J connectivity index is 1.27. The summed E-state index contributed by atoms with van der Waals surface area (Å²) in [5, 5.41) is 3.04. The molecule has 0 spiro atoms. The third-order valence-electron chi connectivity index (χ3n) is 6.31. The van der Waals surface area contributed by atoms with Crippen LogP contribution in [0.1, 0.15) is 34.3 Å². The number of amides is 1. The molecule has 2 heterocycles. The van der Waals surface area contributed by atoms with E-state index in [1.54, 1.807) is 11.8 Å².